The van der Waals surface area contributed by atoms with Gasteiger partial charge in [0.05, 0.1) is 7.11 Å². The van der Waals surface area contributed by atoms with Crippen LogP contribution in [-0.4, -0.2) is 48.1 Å². The number of carbonyl (C=O) groups excluding carboxylic acids is 1. The Hall–Kier alpha value is -3.06. The fourth-order valence-electron chi connectivity index (χ4n) is 3.49. The molecule has 3 aromatic rings. The average Bonchev–Trinajstić information content (AvgIpc) is 3.22. The Morgan fingerprint density at radius 3 is 2.76 bits per heavy atom. The van der Waals surface area contributed by atoms with E-state index in [-0.39, 0.29) is 24.6 Å². The molecule has 0 radical (unpaired) electrons. The number of oxazole rings is 1. The highest BCUT2D eigenvalue weighted by Gasteiger charge is 2.29. The highest BCUT2D eigenvalue weighted by molar-refractivity contribution is 5.92. The molecule has 1 aliphatic rings. The predicted molar refractivity (Wildman–Crippen MR) is 109 cm³/mol. The molecule has 7 nitrogen and oxygen atoms in total. The molecule has 1 fully saturated rings. The smallest absolute Gasteiger partial charge is 0.276 e. The van der Waals surface area contributed by atoms with Crippen LogP contribution in [0.25, 0.3) is 10.8 Å². The number of piperazine rings is 1. The van der Waals surface area contributed by atoms with Gasteiger partial charge in [-0.05, 0) is 48.9 Å². The van der Waals surface area contributed by atoms with Crippen molar-refractivity contribution in [2.24, 2.45) is 0 Å². The van der Waals surface area contributed by atoms with Gasteiger partial charge in [0.25, 0.3) is 5.91 Å². The van der Waals surface area contributed by atoms with Gasteiger partial charge in [0, 0.05) is 25.2 Å². The zero-order chi connectivity index (χ0) is 20.4. The molecule has 1 aliphatic heterocycles. The van der Waals surface area contributed by atoms with E-state index in [1.54, 1.807) is 7.11 Å². The van der Waals surface area contributed by atoms with Crippen LogP contribution in [0.2, 0.25) is 0 Å². The van der Waals surface area contributed by atoms with Crippen molar-refractivity contribution in [2.75, 3.05) is 20.2 Å². The third-order valence-electron chi connectivity index (χ3n) is 5.18. The van der Waals surface area contributed by atoms with Crippen LogP contribution in [0.4, 0.5) is 0 Å². The molecule has 2 heterocycles. The topological polar surface area (TPSA) is 76.8 Å². The summed E-state index contributed by atoms with van der Waals surface area (Å²) in [5.41, 5.74) is 0.313. The van der Waals surface area contributed by atoms with Gasteiger partial charge in [-0.1, -0.05) is 12.1 Å². The van der Waals surface area contributed by atoms with Crippen LogP contribution in [0.15, 0.2) is 47.1 Å². The standard InChI is InChI=1S/C22H25N3O4/c1-14-11-25(15(2)10-23-14)22(26)20-12-29-21(24-20)13-28-19-7-5-16-4-6-18(27-3)8-17(16)9-19/h4-9,12,14-15,23H,10-11,13H2,1-3H3/t14-,15+/m1/s1. The van der Waals surface area contributed by atoms with E-state index in [0.717, 1.165) is 23.1 Å². The summed E-state index contributed by atoms with van der Waals surface area (Å²) >= 11 is 0. The number of rotatable bonds is 5. The molecule has 0 aliphatic carbocycles. The molecule has 1 N–H and O–H groups in total. The fraction of sp³-hybridized carbons (Fsp3) is 0.364. The molecule has 0 saturated carbocycles. The number of nitrogens with one attached hydrogen (secondary N) is 1. The normalized spacial score (nSPS) is 19.3. The molecule has 152 valence electrons. The lowest BCUT2D eigenvalue weighted by Crippen LogP contribution is -2.56. The van der Waals surface area contributed by atoms with Gasteiger partial charge >= 0.3 is 0 Å². The molecule has 29 heavy (non-hydrogen) atoms. The molecule has 2 atom stereocenters. The highest BCUT2D eigenvalue weighted by atomic mass is 16.5. The Kier molecular flexibility index (Phi) is 5.40. The summed E-state index contributed by atoms with van der Waals surface area (Å²) in [6.07, 6.45) is 1.41. The van der Waals surface area contributed by atoms with Gasteiger partial charge in [-0.15, -0.1) is 0 Å². The number of ether oxygens (including phenoxy) is 2. The van der Waals surface area contributed by atoms with Gasteiger partial charge in [0.15, 0.2) is 12.3 Å². The van der Waals surface area contributed by atoms with E-state index < -0.39 is 0 Å². The van der Waals surface area contributed by atoms with Gasteiger partial charge in [0.1, 0.15) is 17.8 Å². The van der Waals surface area contributed by atoms with E-state index >= 15 is 0 Å². The lowest BCUT2D eigenvalue weighted by molar-refractivity contribution is 0.0610. The van der Waals surface area contributed by atoms with Crippen LogP contribution in [0.5, 0.6) is 11.5 Å². The maximum absolute atomic E-state index is 12.8. The van der Waals surface area contributed by atoms with E-state index in [4.69, 9.17) is 13.9 Å². The molecule has 4 rings (SSSR count). The minimum absolute atomic E-state index is 0.112. The fourth-order valence-corrected chi connectivity index (χ4v) is 3.49. The van der Waals surface area contributed by atoms with E-state index in [1.807, 2.05) is 48.2 Å². The van der Waals surface area contributed by atoms with Gasteiger partial charge in [0.2, 0.25) is 5.89 Å². The molecule has 0 bridgehead atoms. The number of benzene rings is 2. The van der Waals surface area contributed by atoms with Gasteiger partial charge in [-0.2, -0.15) is 0 Å². The van der Waals surface area contributed by atoms with Crippen molar-refractivity contribution >= 4 is 16.7 Å². The lowest BCUT2D eigenvalue weighted by atomic mass is 10.1. The molecule has 0 unspecified atom stereocenters. The zero-order valence-corrected chi connectivity index (χ0v) is 16.8. The van der Waals surface area contributed by atoms with Crippen molar-refractivity contribution in [3.8, 4) is 11.5 Å². The summed E-state index contributed by atoms with van der Waals surface area (Å²) in [5, 5.41) is 5.48. The van der Waals surface area contributed by atoms with Crippen molar-refractivity contribution in [3.63, 3.8) is 0 Å². The second-order valence-electron chi connectivity index (χ2n) is 7.41. The molecular weight excluding hydrogens is 370 g/mol. The van der Waals surface area contributed by atoms with Crippen molar-refractivity contribution in [3.05, 3.63) is 54.2 Å². The Labute approximate surface area is 169 Å². The Morgan fingerprint density at radius 2 is 1.97 bits per heavy atom. The number of carbonyl (C=O) groups is 1. The van der Waals surface area contributed by atoms with E-state index in [0.29, 0.717) is 23.9 Å². The quantitative estimate of drug-likeness (QED) is 0.715. The lowest BCUT2D eigenvalue weighted by Gasteiger charge is -2.37. The summed E-state index contributed by atoms with van der Waals surface area (Å²) in [5.74, 6) is 1.75. The second kappa shape index (κ2) is 8.13. The molecule has 0 spiro atoms. The first-order valence-corrected chi connectivity index (χ1v) is 9.73. The molecule has 7 heteroatoms. The Bertz CT molecular complexity index is 1020. The molecule has 2 aromatic carbocycles. The minimum atomic E-state index is -0.112. The van der Waals surface area contributed by atoms with Crippen LogP contribution in [0, 0.1) is 0 Å². The number of nitrogens with zero attached hydrogens (tertiary/aromatic N) is 2. The van der Waals surface area contributed by atoms with Gasteiger partial charge < -0.3 is 24.1 Å². The van der Waals surface area contributed by atoms with Crippen molar-refractivity contribution < 1.29 is 18.7 Å². The minimum Gasteiger partial charge on any atom is -0.497 e. The number of aromatic nitrogens is 1. The Morgan fingerprint density at radius 1 is 1.21 bits per heavy atom. The van der Waals surface area contributed by atoms with Crippen molar-refractivity contribution in [1.29, 1.82) is 0 Å². The molecule has 1 aromatic heterocycles. The summed E-state index contributed by atoms with van der Waals surface area (Å²) in [6.45, 7) is 5.66. The van der Waals surface area contributed by atoms with Crippen LogP contribution in [0.1, 0.15) is 30.2 Å². The summed E-state index contributed by atoms with van der Waals surface area (Å²) in [6, 6.07) is 12.1. The van der Waals surface area contributed by atoms with Crippen molar-refractivity contribution in [1.82, 2.24) is 15.2 Å². The SMILES string of the molecule is COc1ccc2ccc(OCc3nc(C(=O)N4C[C@@H](C)NC[C@@H]4C)co3)cc2c1. The molecular formula is C22H25N3O4. The first-order valence-electron chi connectivity index (χ1n) is 9.73. The third kappa shape index (κ3) is 4.19. The zero-order valence-electron chi connectivity index (χ0n) is 16.8. The molecule has 1 amide bonds. The van der Waals surface area contributed by atoms with E-state index in [1.165, 1.54) is 6.26 Å². The van der Waals surface area contributed by atoms with Gasteiger partial charge in [-0.3, -0.25) is 4.79 Å². The maximum atomic E-state index is 12.8. The van der Waals surface area contributed by atoms with Crippen LogP contribution in [-0.2, 0) is 6.61 Å². The number of amides is 1. The number of methoxy groups -OCH3 is 1. The summed E-state index contributed by atoms with van der Waals surface area (Å²) in [7, 11) is 1.64. The van der Waals surface area contributed by atoms with Crippen LogP contribution >= 0.6 is 0 Å². The maximum Gasteiger partial charge on any atom is 0.276 e. The van der Waals surface area contributed by atoms with Crippen LogP contribution < -0.4 is 14.8 Å². The monoisotopic (exact) mass is 395 g/mol. The van der Waals surface area contributed by atoms with E-state index in [9.17, 15) is 4.79 Å². The van der Waals surface area contributed by atoms with Crippen LogP contribution in [0.3, 0.4) is 0 Å². The number of hydrogen-bond acceptors (Lipinski definition) is 6. The largest absolute Gasteiger partial charge is 0.497 e. The Balaban J connectivity index is 1.43. The average molecular weight is 395 g/mol. The molecule has 1 saturated heterocycles. The summed E-state index contributed by atoms with van der Waals surface area (Å²) < 4.78 is 16.6. The highest BCUT2D eigenvalue weighted by Crippen LogP contribution is 2.25. The summed E-state index contributed by atoms with van der Waals surface area (Å²) in [4.78, 5) is 18.9. The third-order valence-corrected chi connectivity index (χ3v) is 5.18. The van der Waals surface area contributed by atoms with Gasteiger partial charge in [-0.25, -0.2) is 4.98 Å². The first kappa shape index (κ1) is 19.3. The first-order chi connectivity index (χ1) is 14.0. The van der Waals surface area contributed by atoms with Crippen molar-refractivity contribution in [2.45, 2.75) is 32.5 Å². The number of fused-ring (bicyclic) bond motifs is 1. The van der Waals surface area contributed by atoms with E-state index in [2.05, 4.69) is 17.2 Å². The second-order valence-corrected chi connectivity index (χ2v) is 7.41. The predicted octanol–water partition coefficient (Wildman–Crippen LogP) is 3.24. The number of hydrogen-bond donors (Lipinski definition) is 1.